The van der Waals surface area contributed by atoms with E-state index in [0.29, 0.717) is 53.8 Å². The summed E-state index contributed by atoms with van der Waals surface area (Å²) in [6, 6.07) is 18.7. The molecule has 2 heterocycles. The Hall–Kier alpha value is -2.81. The molecular weight excluding hydrogens is 388 g/mol. The maximum absolute atomic E-state index is 13.1. The smallest absolute Gasteiger partial charge is 0.243 e. The predicted octanol–water partition coefficient (Wildman–Crippen LogP) is 3.22. The number of hydrogen-bond donors (Lipinski definition) is 1. The highest BCUT2D eigenvalue weighted by molar-refractivity contribution is 7.89. The molecule has 7 nitrogen and oxygen atoms in total. The Morgan fingerprint density at radius 1 is 0.966 bits per heavy atom. The number of nitrogens with zero attached hydrogens (tertiary/aromatic N) is 3. The highest BCUT2D eigenvalue weighted by Gasteiger charge is 2.28. The summed E-state index contributed by atoms with van der Waals surface area (Å²) >= 11 is 0. The van der Waals surface area contributed by atoms with Gasteiger partial charge in [-0.2, -0.15) is 4.31 Å². The van der Waals surface area contributed by atoms with Crippen LogP contribution in [0.2, 0.25) is 0 Å². The van der Waals surface area contributed by atoms with Crippen LogP contribution >= 0.6 is 0 Å². The van der Waals surface area contributed by atoms with Crippen LogP contribution in [0.5, 0.6) is 0 Å². The third kappa shape index (κ3) is 4.29. The van der Waals surface area contributed by atoms with Crippen LogP contribution in [0.4, 0.5) is 11.5 Å². The fraction of sp³-hybridized carbons (Fsp3) is 0.238. The Labute approximate surface area is 170 Å². The zero-order chi connectivity index (χ0) is 20.3. The molecule has 8 heteroatoms. The number of aromatic nitrogens is 2. The van der Waals surface area contributed by atoms with Gasteiger partial charge in [-0.05, 0) is 42.8 Å². The first-order valence-corrected chi connectivity index (χ1v) is 10.8. The minimum Gasteiger partial charge on any atom is -0.379 e. The monoisotopic (exact) mass is 410 g/mol. The van der Waals surface area contributed by atoms with E-state index >= 15 is 0 Å². The molecule has 1 aliphatic rings. The summed E-state index contributed by atoms with van der Waals surface area (Å²) in [5.74, 6) is 0.619. The summed E-state index contributed by atoms with van der Waals surface area (Å²) in [5.41, 5.74) is 2.95. The largest absolute Gasteiger partial charge is 0.379 e. The van der Waals surface area contributed by atoms with Crippen LogP contribution in [0.1, 0.15) is 5.56 Å². The van der Waals surface area contributed by atoms with E-state index in [1.54, 1.807) is 19.1 Å². The molecule has 1 aromatic heterocycles. The highest BCUT2D eigenvalue weighted by atomic mass is 32.2. The van der Waals surface area contributed by atoms with E-state index in [4.69, 9.17) is 4.74 Å². The molecular formula is C21H22N4O3S. The van der Waals surface area contributed by atoms with E-state index in [9.17, 15) is 8.42 Å². The van der Waals surface area contributed by atoms with E-state index < -0.39 is 10.0 Å². The van der Waals surface area contributed by atoms with Gasteiger partial charge in [0.15, 0.2) is 5.82 Å². The molecule has 0 amide bonds. The maximum atomic E-state index is 13.1. The first-order valence-electron chi connectivity index (χ1n) is 9.39. The van der Waals surface area contributed by atoms with Crippen molar-refractivity contribution < 1.29 is 13.2 Å². The number of rotatable bonds is 5. The number of morpholine rings is 1. The van der Waals surface area contributed by atoms with Gasteiger partial charge in [-0.3, -0.25) is 0 Å². The summed E-state index contributed by atoms with van der Waals surface area (Å²) in [7, 11) is -3.58. The number of benzene rings is 2. The zero-order valence-electron chi connectivity index (χ0n) is 16.1. The minimum absolute atomic E-state index is 0.296. The Bertz CT molecular complexity index is 1080. The summed E-state index contributed by atoms with van der Waals surface area (Å²) in [4.78, 5) is 0.296. The molecule has 29 heavy (non-hydrogen) atoms. The van der Waals surface area contributed by atoms with Crippen LogP contribution in [-0.2, 0) is 14.8 Å². The molecule has 1 aliphatic heterocycles. The van der Waals surface area contributed by atoms with Crippen LogP contribution in [0.15, 0.2) is 65.6 Å². The number of ether oxygens (including phenoxy) is 1. The van der Waals surface area contributed by atoms with Gasteiger partial charge in [0.05, 0.1) is 23.8 Å². The Morgan fingerprint density at radius 2 is 1.72 bits per heavy atom. The summed E-state index contributed by atoms with van der Waals surface area (Å²) < 4.78 is 32.9. The second kappa shape index (κ2) is 8.28. The molecule has 1 fully saturated rings. The lowest BCUT2D eigenvalue weighted by molar-refractivity contribution is 0.0730. The zero-order valence-corrected chi connectivity index (χ0v) is 16.9. The van der Waals surface area contributed by atoms with Gasteiger partial charge in [0.1, 0.15) is 0 Å². The predicted molar refractivity (Wildman–Crippen MR) is 112 cm³/mol. The molecule has 1 saturated heterocycles. The van der Waals surface area contributed by atoms with Crippen molar-refractivity contribution in [1.29, 1.82) is 0 Å². The fourth-order valence-electron chi connectivity index (χ4n) is 3.19. The van der Waals surface area contributed by atoms with Gasteiger partial charge in [-0.1, -0.05) is 30.3 Å². The number of nitrogens with one attached hydrogen (secondary N) is 1. The van der Waals surface area contributed by atoms with Crippen molar-refractivity contribution in [2.24, 2.45) is 0 Å². The second-order valence-corrected chi connectivity index (χ2v) is 8.70. The van der Waals surface area contributed by atoms with E-state index in [1.165, 1.54) is 4.31 Å². The van der Waals surface area contributed by atoms with Crippen molar-refractivity contribution in [3.63, 3.8) is 0 Å². The topological polar surface area (TPSA) is 84.4 Å². The van der Waals surface area contributed by atoms with Crippen LogP contribution in [0, 0.1) is 6.92 Å². The molecule has 0 atom stereocenters. The number of hydrogen-bond acceptors (Lipinski definition) is 6. The molecule has 3 aromatic rings. The van der Waals surface area contributed by atoms with Crippen molar-refractivity contribution in [3.05, 3.63) is 66.2 Å². The molecule has 1 N–H and O–H groups in total. The maximum Gasteiger partial charge on any atom is 0.243 e. The van der Waals surface area contributed by atoms with Crippen LogP contribution in [0.3, 0.4) is 0 Å². The first-order chi connectivity index (χ1) is 14.0. The van der Waals surface area contributed by atoms with Gasteiger partial charge in [0.2, 0.25) is 10.0 Å². The van der Waals surface area contributed by atoms with Crippen LogP contribution in [-0.4, -0.2) is 49.2 Å². The van der Waals surface area contributed by atoms with E-state index in [0.717, 1.165) is 5.69 Å². The molecule has 2 aromatic carbocycles. The lowest BCUT2D eigenvalue weighted by Crippen LogP contribution is -2.40. The average Bonchev–Trinajstić information content (AvgIpc) is 2.76. The lowest BCUT2D eigenvalue weighted by atomic mass is 10.1. The van der Waals surface area contributed by atoms with Crippen LogP contribution in [0.25, 0.3) is 11.3 Å². The lowest BCUT2D eigenvalue weighted by Gasteiger charge is -2.26. The van der Waals surface area contributed by atoms with Crippen molar-refractivity contribution in [2.45, 2.75) is 11.8 Å². The van der Waals surface area contributed by atoms with Gasteiger partial charge in [0, 0.05) is 24.3 Å². The first kappa shape index (κ1) is 19.5. The number of aryl methyl sites for hydroxylation is 1. The van der Waals surface area contributed by atoms with Gasteiger partial charge < -0.3 is 10.1 Å². The second-order valence-electron chi connectivity index (χ2n) is 6.79. The van der Waals surface area contributed by atoms with E-state index in [1.807, 2.05) is 48.5 Å². The van der Waals surface area contributed by atoms with Gasteiger partial charge in [-0.25, -0.2) is 8.42 Å². The Balaban J connectivity index is 1.60. The normalized spacial score (nSPS) is 15.2. The van der Waals surface area contributed by atoms with Gasteiger partial charge >= 0.3 is 0 Å². The molecule has 0 bridgehead atoms. The van der Waals surface area contributed by atoms with Crippen molar-refractivity contribution in [1.82, 2.24) is 14.5 Å². The van der Waals surface area contributed by atoms with Crippen molar-refractivity contribution >= 4 is 21.5 Å². The summed E-state index contributed by atoms with van der Waals surface area (Å²) in [5, 5.41) is 11.7. The Kier molecular flexibility index (Phi) is 5.57. The summed E-state index contributed by atoms with van der Waals surface area (Å²) in [6.07, 6.45) is 0. The molecule has 0 radical (unpaired) electrons. The fourth-order valence-corrected chi connectivity index (χ4v) is 4.84. The quantitative estimate of drug-likeness (QED) is 0.695. The SMILES string of the molecule is Cc1ccc(-c2ccc(Nc3ccccc3)nn2)cc1S(=O)(=O)N1CCOCC1. The molecule has 150 valence electrons. The van der Waals surface area contributed by atoms with E-state index in [2.05, 4.69) is 15.5 Å². The molecule has 0 spiro atoms. The standard InChI is InChI=1S/C21H22N4O3S/c1-16-7-8-17(15-20(16)29(26,27)25-11-13-28-14-12-25)19-9-10-21(24-23-19)22-18-5-3-2-4-6-18/h2-10,15H,11-14H2,1H3,(H,22,24). The number of sulfonamides is 1. The highest BCUT2D eigenvalue weighted by Crippen LogP contribution is 2.27. The minimum atomic E-state index is -3.58. The van der Waals surface area contributed by atoms with Gasteiger partial charge in [-0.15, -0.1) is 10.2 Å². The average molecular weight is 410 g/mol. The Morgan fingerprint density at radius 3 is 2.41 bits per heavy atom. The van der Waals surface area contributed by atoms with E-state index in [-0.39, 0.29) is 0 Å². The summed E-state index contributed by atoms with van der Waals surface area (Å²) in [6.45, 7) is 3.37. The molecule has 4 rings (SSSR count). The van der Waals surface area contributed by atoms with Crippen molar-refractivity contribution in [2.75, 3.05) is 31.6 Å². The molecule has 0 unspecified atom stereocenters. The molecule has 0 aliphatic carbocycles. The third-order valence-corrected chi connectivity index (χ3v) is 6.82. The number of para-hydroxylation sites is 1. The van der Waals surface area contributed by atoms with Crippen molar-refractivity contribution in [3.8, 4) is 11.3 Å². The van der Waals surface area contributed by atoms with Gasteiger partial charge in [0.25, 0.3) is 0 Å². The molecule has 0 saturated carbocycles. The number of anilines is 2. The van der Waals surface area contributed by atoms with Crippen LogP contribution < -0.4 is 5.32 Å². The third-order valence-electron chi connectivity index (χ3n) is 4.78.